The number of nitrogens with zero attached hydrogens (tertiary/aromatic N) is 1. The second kappa shape index (κ2) is 4.54. The second-order valence-corrected chi connectivity index (χ2v) is 3.42. The number of anilines is 1. The highest BCUT2D eigenvalue weighted by molar-refractivity contribution is 5.57. The summed E-state index contributed by atoms with van der Waals surface area (Å²) in [6, 6.07) is 12.4. The van der Waals surface area contributed by atoms with Gasteiger partial charge in [-0.1, -0.05) is 6.07 Å². The van der Waals surface area contributed by atoms with Gasteiger partial charge in [-0.3, -0.25) is 0 Å². The highest BCUT2D eigenvalue weighted by atomic mass is 19.1. The second-order valence-electron chi connectivity index (χ2n) is 3.42. The molecule has 4 heteroatoms. The van der Waals surface area contributed by atoms with Crippen LogP contribution in [0.3, 0.4) is 0 Å². The summed E-state index contributed by atoms with van der Waals surface area (Å²) in [5, 5.41) is 8.68. The number of nitriles is 1. The largest absolute Gasteiger partial charge is 0.455 e. The van der Waals surface area contributed by atoms with E-state index in [1.54, 1.807) is 24.3 Å². The van der Waals surface area contributed by atoms with E-state index in [0.717, 1.165) is 0 Å². The van der Waals surface area contributed by atoms with Gasteiger partial charge in [0.05, 0.1) is 17.3 Å². The van der Waals surface area contributed by atoms with Gasteiger partial charge in [-0.05, 0) is 30.3 Å². The van der Waals surface area contributed by atoms with Crippen LogP contribution < -0.4 is 10.5 Å². The van der Waals surface area contributed by atoms with E-state index in [1.807, 2.05) is 6.07 Å². The maximum Gasteiger partial charge on any atom is 0.150 e. The van der Waals surface area contributed by atoms with Gasteiger partial charge in [-0.15, -0.1) is 0 Å². The van der Waals surface area contributed by atoms with Crippen LogP contribution in [0.25, 0.3) is 0 Å². The Morgan fingerprint density at radius 3 is 2.65 bits per heavy atom. The van der Waals surface area contributed by atoms with Gasteiger partial charge in [0.15, 0.2) is 0 Å². The van der Waals surface area contributed by atoms with Gasteiger partial charge in [0.25, 0.3) is 0 Å². The molecule has 2 N–H and O–H groups in total. The van der Waals surface area contributed by atoms with Crippen molar-refractivity contribution in [2.75, 3.05) is 5.73 Å². The Labute approximate surface area is 97.9 Å². The normalized spacial score (nSPS) is 9.65. The maximum absolute atomic E-state index is 12.9. The molecule has 0 aliphatic carbocycles. The lowest BCUT2D eigenvalue weighted by Gasteiger charge is -2.08. The lowest BCUT2D eigenvalue weighted by atomic mass is 10.2. The molecule has 0 bridgehead atoms. The summed E-state index contributed by atoms with van der Waals surface area (Å²) in [7, 11) is 0. The number of halogens is 1. The summed E-state index contributed by atoms with van der Waals surface area (Å²) in [5.74, 6) is 0.380. The number of rotatable bonds is 2. The van der Waals surface area contributed by atoms with E-state index < -0.39 is 0 Å². The van der Waals surface area contributed by atoms with Gasteiger partial charge in [-0.25, -0.2) is 4.39 Å². The van der Waals surface area contributed by atoms with Crippen LogP contribution in [0, 0.1) is 17.1 Å². The summed E-state index contributed by atoms with van der Waals surface area (Å²) in [6.07, 6.45) is 0. The van der Waals surface area contributed by atoms with E-state index in [-0.39, 0.29) is 5.82 Å². The molecule has 0 aliphatic rings. The summed E-state index contributed by atoms with van der Waals surface area (Å²) in [5.41, 5.74) is 6.51. The number of benzene rings is 2. The fourth-order valence-corrected chi connectivity index (χ4v) is 1.37. The predicted molar refractivity (Wildman–Crippen MR) is 62.0 cm³/mol. The van der Waals surface area contributed by atoms with E-state index in [0.29, 0.717) is 22.7 Å². The first-order valence-electron chi connectivity index (χ1n) is 4.92. The molecular weight excluding hydrogens is 219 g/mol. The van der Waals surface area contributed by atoms with Crippen LogP contribution in [0.2, 0.25) is 0 Å². The third-order valence-electron chi connectivity index (χ3n) is 2.16. The zero-order chi connectivity index (χ0) is 12.3. The third-order valence-corrected chi connectivity index (χ3v) is 2.16. The molecule has 2 aromatic rings. The van der Waals surface area contributed by atoms with Gasteiger partial charge in [0.1, 0.15) is 17.3 Å². The molecule has 84 valence electrons. The van der Waals surface area contributed by atoms with Crippen LogP contribution in [-0.4, -0.2) is 0 Å². The minimum Gasteiger partial charge on any atom is -0.455 e. The van der Waals surface area contributed by atoms with E-state index in [1.165, 1.54) is 18.2 Å². The Bertz CT molecular complexity index is 590. The van der Waals surface area contributed by atoms with Crippen LogP contribution >= 0.6 is 0 Å². The summed E-state index contributed by atoms with van der Waals surface area (Å²) >= 11 is 0. The molecule has 17 heavy (non-hydrogen) atoms. The van der Waals surface area contributed by atoms with E-state index in [2.05, 4.69) is 0 Å². The van der Waals surface area contributed by atoms with Gasteiger partial charge in [0, 0.05) is 6.07 Å². The van der Waals surface area contributed by atoms with Crippen LogP contribution in [0.15, 0.2) is 42.5 Å². The van der Waals surface area contributed by atoms with Crippen molar-refractivity contribution < 1.29 is 9.13 Å². The minimum atomic E-state index is -0.380. The number of nitrogen functional groups attached to an aromatic ring is 1. The first kappa shape index (κ1) is 11.0. The van der Waals surface area contributed by atoms with Gasteiger partial charge >= 0.3 is 0 Å². The highest BCUT2D eigenvalue weighted by Gasteiger charge is 2.04. The molecule has 0 heterocycles. The quantitative estimate of drug-likeness (QED) is 0.803. The number of ether oxygens (including phenoxy) is 1. The molecule has 0 saturated carbocycles. The van der Waals surface area contributed by atoms with Gasteiger partial charge < -0.3 is 10.5 Å². The number of hydrogen-bond donors (Lipinski definition) is 1. The van der Waals surface area contributed by atoms with Crippen molar-refractivity contribution in [3.63, 3.8) is 0 Å². The van der Waals surface area contributed by atoms with E-state index in [9.17, 15) is 4.39 Å². The molecule has 0 amide bonds. The zero-order valence-electron chi connectivity index (χ0n) is 8.85. The Kier molecular flexibility index (Phi) is 2.93. The Morgan fingerprint density at radius 2 is 2.00 bits per heavy atom. The Hall–Kier alpha value is -2.54. The molecule has 0 atom stereocenters. The lowest BCUT2D eigenvalue weighted by Crippen LogP contribution is -1.93. The van der Waals surface area contributed by atoms with Crippen LogP contribution in [0.5, 0.6) is 11.5 Å². The van der Waals surface area contributed by atoms with Crippen LogP contribution in [0.1, 0.15) is 5.56 Å². The van der Waals surface area contributed by atoms with Crippen molar-refractivity contribution in [1.82, 2.24) is 0 Å². The summed E-state index contributed by atoms with van der Waals surface area (Å²) in [6.45, 7) is 0. The standard InChI is InChI=1S/C13H9FN2O/c14-10-2-1-3-11(7-10)17-13-5-4-9(8-15)6-12(13)16/h1-7H,16H2. The molecule has 0 unspecified atom stereocenters. The predicted octanol–water partition coefficient (Wildman–Crippen LogP) is 3.07. The van der Waals surface area contributed by atoms with Gasteiger partial charge in [0.2, 0.25) is 0 Å². The summed E-state index contributed by atoms with van der Waals surface area (Å²) < 4.78 is 18.3. The van der Waals surface area contributed by atoms with E-state index in [4.69, 9.17) is 15.7 Å². The van der Waals surface area contributed by atoms with Crippen molar-refractivity contribution in [2.45, 2.75) is 0 Å². The molecular formula is C13H9FN2O. The first-order valence-corrected chi connectivity index (χ1v) is 4.92. The molecule has 0 aromatic heterocycles. The number of hydrogen-bond acceptors (Lipinski definition) is 3. The van der Waals surface area contributed by atoms with Crippen molar-refractivity contribution in [3.05, 3.63) is 53.8 Å². The van der Waals surface area contributed by atoms with Crippen LogP contribution in [-0.2, 0) is 0 Å². The lowest BCUT2D eigenvalue weighted by molar-refractivity contribution is 0.479. The third kappa shape index (κ3) is 2.52. The minimum absolute atomic E-state index is 0.341. The Balaban J connectivity index is 2.28. The molecule has 0 radical (unpaired) electrons. The average molecular weight is 228 g/mol. The maximum atomic E-state index is 12.9. The molecule has 2 aromatic carbocycles. The SMILES string of the molecule is N#Cc1ccc(Oc2cccc(F)c2)c(N)c1. The molecule has 2 rings (SSSR count). The van der Waals surface area contributed by atoms with Crippen molar-refractivity contribution >= 4 is 5.69 Å². The molecule has 0 aliphatic heterocycles. The van der Waals surface area contributed by atoms with Crippen molar-refractivity contribution in [3.8, 4) is 17.6 Å². The highest BCUT2D eigenvalue weighted by Crippen LogP contribution is 2.28. The molecule has 3 nitrogen and oxygen atoms in total. The molecule has 0 spiro atoms. The van der Waals surface area contributed by atoms with Crippen molar-refractivity contribution in [1.29, 1.82) is 5.26 Å². The fraction of sp³-hybridized carbons (Fsp3) is 0. The zero-order valence-corrected chi connectivity index (χ0v) is 8.85. The summed E-state index contributed by atoms with van der Waals surface area (Å²) in [4.78, 5) is 0. The van der Waals surface area contributed by atoms with E-state index >= 15 is 0 Å². The Morgan fingerprint density at radius 1 is 1.18 bits per heavy atom. The smallest absolute Gasteiger partial charge is 0.150 e. The first-order chi connectivity index (χ1) is 8.19. The monoisotopic (exact) mass is 228 g/mol. The fourth-order valence-electron chi connectivity index (χ4n) is 1.37. The average Bonchev–Trinajstić information content (AvgIpc) is 2.32. The number of nitrogens with two attached hydrogens (primary N) is 1. The van der Waals surface area contributed by atoms with Crippen LogP contribution in [0.4, 0.5) is 10.1 Å². The van der Waals surface area contributed by atoms with Crippen molar-refractivity contribution in [2.24, 2.45) is 0 Å². The molecule has 0 saturated heterocycles. The topological polar surface area (TPSA) is 59.0 Å². The molecule has 0 fully saturated rings. The van der Waals surface area contributed by atoms with Gasteiger partial charge in [-0.2, -0.15) is 5.26 Å².